The van der Waals surface area contributed by atoms with Crippen LogP contribution in [0.4, 0.5) is 4.39 Å². The molecule has 0 radical (unpaired) electrons. The lowest BCUT2D eigenvalue weighted by molar-refractivity contribution is 0.428. The minimum absolute atomic E-state index is 0. The van der Waals surface area contributed by atoms with Crippen LogP contribution in [0.1, 0.15) is 18.9 Å². The maximum Gasteiger partial charge on any atom is 0.243 e. The summed E-state index contributed by atoms with van der Waals surface area (Å²) in [4.78, 5) is 0.0535. The van der Waals surface area contributed by atoms with Gasteiger partial charge in [-0.2, -0.15) is 4.31 Å². The standard InChI is InChI=1S/C13H19FN2O2S.ClH/c1-9-3-4-12(14)7-13(9)19(17,18)16-6-5-11(8-16)10(2)15;/h3-4,7,10-11H,5-6,8,15H2,1-2H3;1H. The van der Waals surface area contributed by atoms with Gasteiger partial charge in [0.15, 0.2) is 0 Å². The molecule has 2 atom stereocenters. The Morgan fingerprint density at radius 2 is 2.10 bits per heavy atom. The zero-order valence-electron chi connectivity index (χ0n) is 11.5. The molecular formula is C13H20ClFN2O2S. The molecule has 114 valence electrons. The predicted molar refractivity (Wildman–Crippen MR) is 78.9 cm³/mol. The van der Waals surface area contributed by atoms with Crippen molar-refractivity contribution < 1.29 is 12.8 Å². The molecule has 4 nitrogen and oxygen atoms in total. The molecule has 1 aliphatic rings. The van der Waals surface area contributed by atoms with Crippen molar-refractivity contribution in [3.8, 4) is 0 Å². The lowest BCUT2D eigenvalue weighted by atomic mass is 10.0. The van der Waals surface area contributed by atoms with E-state index in [0.29, 0.717) is 18.7 Å². The molecule has 2 unspecified atom stereocenters. The lowest BCUT2D eigenvalue weighted by Gasteiger charge is -2.19. The summed E-state index contributed by atoms with van der Waals surface area (Å²) in [7, 11) is -3.62. The zero-order valence-corrected chi connectivity index (χ0v) is 13.2. The summed E-state index contributed by atoms with van der Waals surface area (Å²) in [5.74, 6) is -0.365. The molecule has 1 saturated heterocycles. The van der Waals surface area contributed by atoms with E-state index in [-0.39, 0.29) is 29.3 Å². The van der Waals surface area contributed by atoms with Gasteiger partial charge in [0.05, 0.1) is 4.90 Å². The van der Waals surface area contributed by atoms with E-state index in [2.05, 4.69) is 0 Å². The average molecular weight is 323 g/mol. The van der Waals surface area contributed by atoms with Crippen molar-refractivity contribution >= 4 is 22.4 Å². The van der Waals surface area contributed by atoms with Gasteiger partial charge in [0.25, 0.3) is 0 Å². The fourth-order valence-corrected chi connectivity index (χ4v) is 4.14. The van der Waals surface area contributed by atoms with E-state index in [9.17, 15) is 12.8 Å². The van der Waals surface area contributed by atoms with Gasteiger partial charge in [0.2, 0.25) is 10.0 Å². The van der Waals surface area contributed by atoms with Crippen molar-refractivity contribution in [2.75, 3.05) is 13.1 Å². The van der Waals surface area contributed by atoms with E-state index >= 15 is 0 Å². The lowest BCUT2D eigenvalue weighted by Crippen LogP contribution is -2.33. The predicted octanol–water partition coefficient (Wildman–Crippen LogP) is 1.91. The number of benzene rings is 1. The van der Waals surface area contributed by atoms with E-state index in [1.807, 2.05) is 6.92 Å². The minimum Gasteiger partial charge on any atom is -0.328 e. The highest BCUT2D eigenvalue weighted by molar-refractivity contribution is 7.89. The van der Waals surface area contributed by atoms with E-state index in [1.165, 1.54) is 16.4 Å². The Kier molecular flexibility index (Phi) is 5.54. The Morgan fingerprint density at radius 3 is 2.65 bits per heavy atom. The van der Waals surface area contributed by atoms with Crippen LogP contribution in [0.2, 0.25) is 0 Å². The van der Waals surface area contributed by atoms with Gasteiger partial charge in [-0.1, -0.05) is 6.07 Å². The van der Waals surface area contributed by atoms with E-state index < -0.39 is 15.8 Å². The van der Waals surface area contributed by atoms with Crippen LogP contribution >= 0.6 is 12.4 Å². The quantitative estimate of drug-likeness (QED) is 0.924. The molecule has 2 N–H and O–H groups in total. The molecule has 2 rings (SSSR count). The molecule has 0 bridgehead atoms. The van der Waals surface area contributed by atoms with E-state index in [4.69, 9.17) is 5.73 Å². The van der Waals surface area contributed by atoms with Crippen molar-refractivity contribution in [1.82, 2.24) is 4.31 Å². The molecule has 1 heterocycles. The molecule has 0 saturated carbocycles. The van der Waals surface area contributed by atoms with E-state index in [1.54, 1.807) is 6.92 Å². The topological polar surface area (TPSA) is 63.4 Å². The second kappa shape index (κ2) is 6.39. The Morgan fingerprint density at radius 1 is 1.45 bits per heavy atom. The first-order valence-corrected chi connectivity index (χ1v) is 7.78. The van der Waals surface area contributed by atoms with Gasteiger partial charge in [-0.15, -0.1) is 12.4 Å². The normalized spacial score (nSPS) is 21.5. The molecule has 20 heavy (non-hydrogen) atoms. The van der Waals surface area contributed by atoms with Crippen molar-refractivity contribution in [2.45, 2.75) is 31.2 Å². The Balaban J connectivity index is 0.00000200. The third kappa shape index (κ3) is 3.31. The van der Waals surface area contributed by atoms with Crippen LogP contribution in [-0.4, -0.2) is 31.9 Å². The molecule has 1 fully saturated rings. The summed E-state index contributed by atoms with van der Waals surface area (Å²) in [5.41, 5.74) is 6.38. The smallest absolute Gasteiger partial charge is 0.243 e. The van der Waals surface area contributed by atoms with Gasteiger partial charge in [-0.3, -0.25) is 0 Å². The highest BCUT2D eigenvalue weighted by Gasteiger charge is 2.34. The largest absolute Gasteiger partial charge is 0.328 e. The SMILES string of the molecule is Cc1ccc(F)cc1S(=O)(=O)N1CCC(C(C)N)C1.Cl. The fraction of sp³-hybridized carbons (Fsp3) is 0.538. The second-order valence-electron chi connectivity index (χ2n) is 5.18. The molecule has 7 heteroatoms. The third-order valence-corrected chi connectivity index (χ3v) is 5.71. The summed E-state index contributed by atoms with van der Waals surface area (Å²) in [6.45, 7) is 4.42. The molecule has 1 aromatic carbocycles. The average Bonchev–Trinajstić information content (AvgIpc) is 2.82. The summed E-state index contributed by atoms with van der Waals surface area (Å²) in [6.07, 6.45) is 0.755. The van der Waals surface area contributed by atoms with Crippen molar-refractivity contribution in [1.29, 1.82) is 0 Å². The van der Waals surface area contributed by atoms with Crippen LogP contribution in [-0.2, 0) is 10.0 Å². The van der Waals surface area contributed by atoms with Crippen molar-refractivity contribution in [2.24, 2.45) is 11.7 Å². The van der Waals surface area contributed by atoms with Crippen LogP contribution in [0, 0.1) is 18.7 Å². The first kappa shape index (κ1) is 17.4. The molecule has 0 amide bonds. The number of rotatable bonds is 3. The van der Waals surface area contributed by atoms with E-state index in [0.717, 1.165) is 12.5 Å². The first-order valence-electron chi connectivity index (χ1n) is 6.34. The third-order valence-electron chi connectivity index (χ3n) is 3.70. The number of hydrogen-bond acceptors (Lipinski definition) is 3. The van der Waals surface area contributed by atoms with Crippen LogP contribution in [0.15, 0.2) is 23.1 Å². The Labute approximate surface area is 125 Å². The van der Waals surface area contributed by atoms with Gasteiger partial charge < -0.3 is 5.73 Å². The number of halogens is 2. The number of sulfonamides is 1. The first-order chi connectivity index (χ1) is 8.82. The maximum atomic E-state index is 13.3. The second-order valence-corrected chi connectivity index (χ2v) is 7.09. The minimum atomic E-state index is -3.62. The summed E-state index contributed by atoms with van der Waals surface area (Å²) in [5, 5.41) is 0. The van der Waals surface area contributed by atoms with Crippen LogP contribution < -0.4 is 5.73 Å². The van der Waals surface area contributed by atoms with Crippen LogP contribution in [0.25, 0.3) is 0 Å². The Bertz CT molecular complexity index is 578. The van der Waals surface area contributed by atoms with Gasteiger partial charge in [0.1, 0.15) is 5.82 Å². The molecule has 0 aromatic heterocycles. The van der Waals surface area contributed by atoms with Crippen molar-refractivity contribution in [3.63, 3.8) is 0 Å². The molecular weight excluding hydrogens is 303 g/mol. The number of hydrogen-bond donors (Lipinski definition) is 1. The van der Waals surface area contributed by atoms with Gasteiger partial charge in [-0.25, -0.2) is 12.8 Å². The summed E-state index contributed by atoms with van der Waals surface area (Å²) < 4.78 is 39.7. The fourth-order valence-electron chi connectivity index (χ4n) is 2.39. The molecule has 0 aliphatic carbocycles. The Hall–Kier alpha value is -0.690. The summed E-state index contributed by atoms with van der Waals surface area (Å²) >= 11 is 0. The van der Waals surface area contributed by atoms with Crippen LogP contribution in [0.3, 0.4) is 0 Å². The van der Waals surface area contributed by atoms with Crippen molar-refractivity contribution in [3.05, 3.63) is 29.6 Å². The van der Waals surface area contributed by atoms with Gasteiger partial charge >= 0.3 is 0 Å². The molecule has 1 aromatic rings. The highest BCUT2D eigenvalue weighted by atomic mass is 35.5. The number of aryl methyl sites for hydroxylation is 1. The monoisotopic (exact) mass is 322 g/mol. The highest BCUT2D eigenvalue weighted by Crippen LogP contribution is 2.27. The molecule has 1 aliphatic heterocycles. The maximum absolute atomic E-state index is 13.3. The summed E-state index contributed by atoms with van der Waals surface area (Å²) in [6, 6.07) is 3.81. The zero-order chi connectivity index (χ0) is 14.2. The number of nitrogens with zero attached hydrogens (tertiary/aromatic N) is 1. The van der Waals surface area contributed by atoms with Gasteiger partial charge in [0, 0.05) is 19.1 Å². The van der Waals surface area contributed by atoms with Gasteiger partial charge in [-0.05, 0) is 43.9 Å². The molecule has 0 spiro atoms. The van der Waals surface area contributed by atoms with Crippen LogP contribution in [0.5, 0.6) is 0 Å². The number of nitrogens with two attached hydrogens (primary N) is 1.